The highest BCUT2D eigenvalue weighted by Crippen LogP contribution is 2.18. The summed E-state index contributed by atoms with van der Waals surface area (Å²) in [7, 11) is 0. The Morgan fingerprint density at radius 3 is 2.65 bits per heavy atom. The van der Waals surface area contributed by atoms with E-state index in [2.05, 4.69) is 34.5 Å². The van der Waals surface area contributed by atoms with Crippen LogP contribution >= 0.6 is 11.6 Å². The van der Waals surface area contributed by atoms with Gasteiger partial charge in [-0.15, -0.1) is 0 Å². The monoisotopic (exact) mass is 368 g/mol. The Morgan fingerprint density at radius 1 is 1.31 bits per heavy atom. The normalized spacial score (nSPS) is 10.5. The van der Waals surface area contributed by atoms with E-state index in [0.29, 0.717) is 23.6 Å². The van der Waals surface area contributed by atoms with Gasteiger partial charge in [0, 0.05) is 29.4 Å². The highest BCUT2D eigenvalue weighted by atomic mass is 35.5. The van der Waals surface area contributed by atoms with E-state index in [1.807, 2.05) is 19.1 Å². The van der Waals surface area contributed by atoms with Crippen LogP contribution in [-0.2, 0) is 0 Å². The van der Waals surface area contributed by atoms with E-state index in [1.165, 1.54) is 0 Å². The molecule has 0 bridgehead atoms. The minimum Gasteiger partial charge on any atom is -0.371 e. The maximum atomic E-state index is 12.0. The molecule has 2 aromatic carbocycles. The lowest BCUT2D eigenvalue weighted by Gasteiger charge is -2.22. The van der Waals surface area contributed by atoms with Gasteiger partial charge in [0.25, 0.3) is 5.91 Å². The third kappa shape index (κ3) is 5.33. The zero-order chi connectivity index (χ0) is 18.9. The number of hydrogen-bond acceptors (Lipinski definition) is 4. The SMILES string of the molecule is CCN(CCC#N)c1ccc(/C=N\NC(=O)c2ccc(Cl)cc2)c(C)c1. The molecule has 0 aliphatic carbocycles. The number of carbonyl (C=O) groups excluding carboxylic acids is 1. The lowest BCUT2D eigenvalue weighted by Crippen LogP contribution is -2.23. The van der Waals surface area contributed by atoms with E-state index < -0.39 is 0 Å². The number of halogens is 1. The summed E-state index contributed by atoms with van der Waals surface area (Å²) in [6.45, 7) is 5.60. The summed E-state index contributed by atoms with van der Waals surface area (Å²) in [4.78, 5) is 14.2. The average Bonchev–Trinajstić information content (AvgIpc) is 2.64. The molecule has 1 amide bonds. The van der Waals surface area contributed by atoms with Gasteiger partial charge in [0.1, 0.15) is 0 Å². The Balaban J connectivity index is 2.03. The van der Waals surface area contributed by atoms with Crippen LogP contribution in [0, 0.1) is 18.3 Å². The van der Waals surface area contributed by atoms with Crippen molar-refractivity contribution < 1.29 is 4.79 Å². The van der Waals surface area contributed by atoms with Crippen LogP contribution in [-0.4, -0.2) is 25.2 Å². The Hall–Kier alpha value is -2.84. The van der Waals surface area contributed by atoms with E-state index in [9.17, 15) is 4.79 Å². The van der Waals surface area contributed by atoms with Crippen LogP contribution in [0.25, 0.3) is 0 Å². The molecule has 0 aromatic heterocycles. The van der Waals surface area contributed by atoms with Gasteiger partial charge in [-0.2, -0.15) is 10.4 Å². The maximum absolute atomic E-state index is 12.0. The third-order valence-electron chi connectivity index (χ3n) is 3.97. The van der Waals surface area contributed by atoms with Gasteiger partial charge >= 0.3 is 0 Å². The summed E-state index contributed by atoms with van der Waals surface area (Å²) in [5, 5.41) is 13.4. The van der Waals surface area contributed by atoms with Crippen molar-refractivity contribution in [3.8, 4) is 6.07 Å². The highest BCUT2D eigenvalue weighted by molar-refractivity contribution is 6.30. The topological polar surface area (TPSA) is 68.5 Å². The molecule has 2 aromatic rings. The van der Waals surface area contributed by atoms with Crippen LogP contribution in [0.3, 0.4) is 0 Å². The van der Waals surface area contributed by atoms with E-state index in [-0.39, 0.29) is 5.91 Å². The number of benzene rings is 2. The summed E-state index contributed by atoms with van der Waals surface area (Å²) in [6, 6.07) is 14.8. The van der Waals surface area contributed by atoms with Crippen LogP contribution in [0.15, 0.2) is 47.6 Å². The highest BCUT2D eigenvalue weighted by Gasteiger charge is 2.06. The fourth-order valence-electron chi connectivity index (χ4n) is 2.48. The van der Waals surface area contributed by atoms with Crippen LogP contribution in [0.4, 0.5) is 5.69 Å². The van der Waals surface area contributed by atoms with Crippen LogP contribution < -0.4 is 10.3 Å². The van der Waals surface area contributed by atoms with Gasteiger partial charge in [-0.05, 0) is 61.4 Å². The number of rotatable bonds is 7. The molecule has 0 aliphatic rings. The maximum Gasteiger partial charge on any atom is 0.271 e. The Bertz CT molecular complexity index is 825. The van der Waals surface area contributed by atoms with Gasteiger partial charge in [-0.3, -0.25) is 4.79 Å². The lowest BCUT2D eigenvalue weighted by atomic mass is 10.1. The van der Waals surface area contributed by atoms with E-state index in [1.54, 1.807) is 30.5 Å². The van der Waals surface area contributed by atoms with Crippen molar-refractivity contribution in [1.82, 2.24) is 5.43 Å². The molecule has 0 saturated heterocycles. The first-order valence-corrected chi connectivity index (χ1v) is 8.74. The first-order valence-electron chi connectivity index (χ1n) is 8.36. The molecule has 0 saturated carbocycles. The molecule has 134 valence electrons. The molecule has 0 unspecified atom stereocenters. The van der Waals surface area contributed by atoms with E-state index in [0.717, 1.165) is 23.4 Å². The quantitative estimate of drug-likeness (QED) is 0.589. The van der Waals surface area contributed by atoms with Gasteiger partial charge in [-0.1, -0.05) is 17.7 Å². The van der Waals surface area contributed by atoms with Gasteiger partial charge < -0.3 is 4.90 Å². The fraction of sp³-hybridized carbons (Fsp3) is 0.250. The molecule has 2 rings (SSSR count). The molecule has 6 heteroatoms. The number of nitrogens with zero attached hydrogens (tertiary/aromatic N) is 3. The van der Waals surface area contributed by atoms with Crippen molar-refractivity contribution >= 4 is 29.4 Å². The summed E-state index contributed by atoms with van der Waals surface area (Å²) in [6.07, 6.45) is 2.12. The Labute approximate surface area is 158 Å². The summed E-state index contributed by atoms with van der Waals surface area (Å²) in [5.41, 5.74) is 6.04. The predicted molar refractivity (Wildman–Crippen MR) is 106 cm³/mol. The van der Waals surface area contributed by atoms with Crippen molar-refractivity contribution in [2.24, 2.45) is 5.10 Å². The average molecular weight is 369 g/mol. The molecule has 0 heterocycles. The minimum absolute atomic E-state index is 0.291. The minimum atomic E-state index is -0.291. The van der Waals surface area contributed by atoms with E-state index in [4.69, 9.17) is 16.9 Å². The number of aryl methyl sites for hydroxylation is 1. The molecular weight excluding hydrogens is 348 g/mol. The van der Waals surface area contributed by atoms with Crippen LogP contribution in [0.2, 0.25) is 5.02 Å². The molecule has 5 nitrogen and oxygen atoms in total. The molecule has 0 spiro atoms. The van der Waals surface area contributed by atoms with E-state index >= 15 is 0 Å². The molecule has 26 heavy (non-hydrogen) atoms. The van der Waals surface area contributed by atoms with Crippen molar-refractivity contribution in [2.45, 2.75) is 20.3 Å². The van der Waals surface area contributed by atoms with Crippen molar-refractivity contribution in [3.63, 3.8) is 0 Å². The second-order valence-corrected chi connectivity index (χ2v) is 6.17. The number of nitrogens with one attached hydrogen (secondary N) is 1. The number of nitriles is 1. The first kappa shape index (κ1) is 19.5. The number of carbonyl (C=O) groups is 1. The van der Waals surface area contributed by atoms with Gasteiger partial charge in [0.15, 0.2) is 0 Å². The van der Waals surface area contributed by atoms with Crippen molar-refractivity contribution in [1.29, 1.82) is 5.26 Å². The lowest BCUT2D eigenvalue weighted by molar-refractivity contribution is 0.0955. The van der Waals surface area contributed by atoms with Crippen molar-refractivity contribution in [2.75, 3.05) is 18.0 Å². The van der Waals surface area contributed by atoms with Crippen molar-refractivity contribution in [3.05, 3.63) is 64.2 Å². The second kappa shape index (κ2) is 9.59. The molecular formula is C20H21ClN4O. The third-order valence-corrected chi connectivity index (χ3v) is 4.22. The van der Waals surface area contributed by atoms with Gasteiger partial charge in [0.2, 0.25) is 0 Å². The molecule has 0 aliphatic heterocycles. The predicted octanol–water partition coefficient (Wildman–Crippen LogP) is 4.15. The summed E-state index contributed by atoms with van der Waals surface area (Å²) in [5.74, 6) is -0.291. The Morgan fingerprint density at radius 2 is 2.04 bits per heavy atom. The summed E-state index contributed by atoms with van der Waals surface area (Å²) < 4.78 is 0. The van der Waals surface area contributed by atoms with Crippen LogP contribution in [0.1, 0.15) is 34.8 Å². The second-order valence-electron chi connectivity index (χ2n) is 5.73. The standard InChI is InChI=1S/C20H21ClN4O/c1-3-25(12-4-11-22)19-10-7-17(15(2)13-19)14-23-24-20(26)16-5-8-18(21)9-6-16/h5-10,13-14H,3-4,12H2,1-2H3,(H,24,26)/b23-14-. The molecule has 1 N–H and O–H groups in total. The fourth-order valence-corrected chi connectivity index (χ4v) is 2.61. The first-order chi connectivity index (χ1) is 12.5. The zero-order valence-electron chi connectivity index (χ0n) is 14.9. The smallest absolute Gasteiger partial charge is 0.271 e. The van der Waals surface area contributed by atoms with Crippen LogP contribution in [0.5, 0.6) is 0 Å². The Kier molecular flexibility index (Phi) is 7.19. The molecule has 0 radical (unpaired) electrons. The molecule has 0 atom stereocenters. The summed E-state index contributed by atoms with van der Waals surface area (Å²) >= 11 is 5.81. The largest absolute Gasteiger partial charge is 0.371 e. The zero-order valence-corrected chi connectivity index (χ0v) is 15.6. The number of amides is 1. The number of anilines is 1. The number of hydrazone groups is 1. The molecule has 0 fully saturated rings. The number of hydrogen-bond donors (Lipinski definition) is 1. The van der Waals surface area contributed by atoms with Gasteiger partial charge in [-0.25, -0.2) is 5.43 Å². The van der Waals surface area contributed by atoms with Gasteiger partial charge in [0.05, 0.1) is 18.7 Å².